The number of hydrogen-bond acceptors (Lipinski definition) is 3. The Morgan fingerprint density at radius 3 is 2.60 bits per heavy atom. The summed E-state index contributed by atoms with van der Waals surface area (Å²) in [4.78, 5) is 10.2. The van der Waals surface area contributed by atoms with Gasteiger partial charge >= 0.3 is 0 Å². The molecule has 1 fully saturated rings. The van der Waals surface area contributed by atoms with Gasteiger partial charge in [-0.05, 0) is 0 Å². The van der Waals surface area contributed by atoms with E-state index in [0.717, 1.165) is 6.29 Å². The number of carbonyl (C=O) groups is 1. The Bertz CT molecular complexity index is 122. The fourth-order valence-electron chi connectivity index (χ4n) is 0.861. The van der Waals surface area contributed by atoms with Crippen molar-refractivity contribution in [1.82, 2.24) is 0 Å². The maximum absolute atomic E-state index is 10.2. The molecule has 0 saturated carbocycles. The molecule has 0 bridgehead atoms. The zero-order chi connectivity index (χ0) is 7.56. The summed E-state index contributed by atoms with van der Waals surface area (Å²) in [6.07, 6.45) is 0.255. The first-order valence-corrected chi connectivity index (χ1v) is 3.46. The molecule has 0 N–H and O–H groups in total. The van der Waals surface area contributed by atoms with Gasteiger partial charge in [-0.2, -0.15) is 0 Å². The summed E-state index contributed by atoms with van der Waals surface area (Å²) in [5.74, 6) is 0.324. The van der Waals surface area contributed by atoms with Crippen molar-refractivity contribution < 1.29 is 14.3 Å². The van der Waals surface area contributed by atoms with Crippen LogP contribution in [-0.4, -0.2) is 25.3 Å². The first-order valence-electron chi connectivity index (χ1n) is 3.46. The molecule has 0 spiro atoms. The van der Waals surface area contributed by atoms with Gasteiger partial charge in [0.05, 0.1) is 6.61 Å². The van der Waals surface area contributed by atoms with Crippen molar-refractivity contribution in [3.63, 3.8) is 0 Å². The van der Waals surface area contributed by atoms with Gasteiger partial charge in [0.15, 0.2) is 12.6 Å². The van der Waals surface area contributed by atoms with E-state index >= 15 is 0 Å². The molecule has 3 nitrogen and oxygen atoms in total. The summed E-state index contributed by atoms with van der Waals surface area (Å²) in [7, 11) is 0. The number of carbonyl (C=O) groups excluding carboxylic acids is 1. The third-order valence-corrected chi connectivity index (χ3v) is 1.43. The molecule has 1 heterocycles. The van der Waals surface area contributed by atoms with Crippen LogP contribution in [0.15, 0.2) is 0 Å². The molecule has 0 aromatic rings. The van der Waals surface area contributed by atoms with Crippen molar-refractivity contribution in [1.29, 1.82) is 0 Å². The highest BCUT2D eigenvalue weighted by Gasteiger charge is 2.27. The maximum atomic E-state index is 10.2. The largest absolute Gasteiger partial charge is 0.349 e. The number of aldehydes is 1. The van der Waals surface area contributed by atoms with Gasteiger partial charge in [0.1, 0.15) is 6.10 Å². The Hall–Kier alpha value is -0.410. The molecule has 1 aliphatic heterocycles. The molecule has 0 aliphatic carbocycles. The summed E-state index contributed by atoms with van der Waals surface area (Å²) in [5.41, 5.74) is 0. The Balaban J connectivity index is 2.35. The number of ether oxygens (including phenoxy) is 2. The topological polar surface area (TPSA) is 35.5 Å². The van der Waals surface area contributed by atoms with Crippen LogP contribution in [0.5, 0.6) is 0 Å². The van der Waals surface area contributed by atoms with E-state index in [2.05, 4.69) is 0 Å². The second-order valence-corrected chi connectivity index (χ2v) is 2.76. The molecule has 1 aliphatic rings. The molecule has 2 unspecified atom stereocenters. The van der Waals surface area contributed by atoms with Crippen LogP contribution in [0.25, 0.3) is 0 Å². The molecule has 0 aromatic carbocycles. The van der Waals surface area contributed by atoms with E-state index in [4.69, 9.17) is 9.47 Å². The second-order valence-electron chi connectivity index (χ2n) is 2.76. The second kappa shape index (κ2) is 3.12. The smallest absolute Gasteiger partial charge is 0.161 e. The predicted molar refractivity (Wildman–Crippen MR) is 35.5 cm³/mol. The van der Waals surface area contributed by atoms with E-state index in [0.29, 0.717) is 12.5 Å². The van der Waals surface area contributed by atoms with Crippen molar-refractivity contribution >= 4 is 6.29 Å². The van der Waals surface area contributed by atoms with Crippen LogP contribution in [0.3, 0.4) is 0 Å². The molecule has 58 valence electrons. The lowest BCUT2D eigenvalue weighted by atomic mass is 10.2. The third kappa shape index (κ3) is 1.55. The van der Waals surface area contributed by atoms with Gasteiger partial charge < -0.3 is 14.3 Å². The van der Waals surface area contributed by atoms with Crippen LogP contribution in [0.1, 0.15) is 13.8 Å². The Kier molecular flexibility index (Phi) is 2.40. The number of rotatable bonds is 2. The van der Waals surface area contributed by atoms with Crippen LogP contribution in [0.4, 0.5) is 0 Å². The van der Waals surface area contributed by atoms with Crippen molar-refractivity contribution in [3.8, 4) is 0 Å². The molecule has 0 aromatic heterocycles. The predicted octanol–water partition coefficient (Wildman–Crippen LogP) is 0.583. The van der Waals surface area contributed by atoms with Crippen LogP contribution < -0.4 is 0 Å². The van der Waals surface area contributed by atoms with Gasteiger partial charge in [0.25, 0.3) is 0 Å². The van der Waals surface area contributed by atoms with E-state index < -0.39 is 0 Å². The first-order chi connectivity index (χ1) is 4.74. The van der Waals surface area contributed by atoms with E-state index in [1.165, 1.54) is 0 Å². The molecular formula is C7H12O3. The minimum atomic E-state index is -0.340. The van der Waals surface area contributed by atoms with Gasteiger partial charge in [-0.25, -0.2) is 0 Å². The van der Waals surface area contributed by atoms with Gasteiger partial charge in [-0.3, -0.25) is 0 Å². The molecule has 10 heavy (non-hydrogen) atoms. The lowest BCUT2D eigenvalue weighted by Gasteiger charge is -2.11. The lowest BCUT2D eigenvalue weighted by molar-refractivity contribution is -0.123. The summed E-state index contributed by atoms with van der Waals surface area (Å²) in [6, 6.07) is 0. The summed E-state index contributed by atoms with van der Waals surface area (Å²) < 4.78 is 10.3. The third-order valence-electron chi connectivity index (χ3n) is 1.43. The lowest BCUT2D eigenvalue weighted by Crippen LogP contribution is -2.18. The summed E-state index contributed by atoms with van der Waals surface area (Å²) in [5, 5.41) is 0. The van der Waals surface area contributed by atoms with Crippen LogP contribution in [0, 0.1) is 5.92 Å². The monoisotopic (exact) mass is 144 g/mol. The summed E-state index contributed by atoms with van der Waals surface area (Å²) >= 11 is 0. The fraction of sp³-hybridized carbons (Fsp3) is 0.857. The highest BCUT2D eigenvalue weighted by molar-refractivity contribution is 5.56. The minimum absolute atomic E-state index is 0.185. The van der Waals surface area contributed by atoms with Gasteiger partial charge in [-0.15, -0.1) is 0 Å². The Morgan fingerprint density at radius 1 is 1.60 bits per heavy atom. The van der Waals surface area contributed by atoms with Crippen molar-refractivity contribution in [2.24, 2.45) is 5.92 Å². The van der Waals surface area contributed by atoms with E-state index in [1.54, 1.807) is 0 Å². The fourth-order valence-corrected chi connectivity index (χ4v) is 0.861. The summed E-state index contributed by atoms with van der Waals surface area (Å²) in [6.45, 7) is 4.40. The highest BCUT2D eigenvalue weighted by Crippen LogP contribution is 2.16. The van der Waals surface area contributed by atoms with E-state index in [-0.39, 0.29) is 12.4 Å². The van der Waals surface area contributed by atoms with E-state index in [9.17, 15) is 4.79 Å². The van der Waals surface area contributed by atoms with Crippen molar-refractivity contribution in [3.05, 3.63) is 0 Å². The molecule has 1 saturated heterocycles. The molecule has 3 heteroatoms. The minimum Gasteiger partial charge on any atom is -0.349 e. The van der Waals surface area contributed by atoms with Gasteiger partial charge in [-0.1, -0.05) is 13.8 Å². The average Bonchev–Trinajstić information content (AvgIpc) is 2.34. The van der Waals surface area contributed by atoms with Crippen LogP contribution >= 0.6 is 0 Å². The molecule has 0 radical (unpaired) electrons. The zero-order valence-corrected chi connectivity index (χ0v) is 6.24. The quantitative estimate of drug-likeness (QED) is 0.532. The molecule has 1 rings (SSSR count). The standard InChI is InChI=1S/C7H12O3/c1-5(2)7-9-4-6(3-8)10-7/h3,5-7H,4H2,1-2H3. The SMILES string of the molecule is CC(C)C1OCC(C=O)O1. The molecular weight excluding hydrogens is 132 g/mol. The number of hydrogen-bond donors (Lipinski definition) is 0. The highest BCUT2D eigenvalue weighted by atomic mass is 16.7. The zero-order valence-electron chi connectivity index (χ0n) is 6.24. The van der Waals surface area contributed by atoms with Crippen LogP contribution in [0.2, 0.25) is 0 Å². The van der Waals surface area contributed by atoms with Gasteiger partial charge in [0, 0.05) is 5.92 Å². The average molecular weight is 144 g/mol. The van der Waals surface area contributed by atoms with Gasteiger partial charge in [0.2, 0.25) is 0 Å². The first kappa shape index (κ1) is 7.69. The van der Waals surface area contributed by atoms with Crippen molar-refractivity contribution in [2.75, 3.05) is 6.61 Å². The molecule has 2 atom stereocenters. The maximum Gasteiger partial charge on any atom is 0.161 e. The normalized spacial score (nSPS) is 33.1. The van der Waals surface area contributed by atoms with Crippen LogP contribution in [-0.2, 0) is 14.3 Å². The van der Waals surface area contributed by atoms with Crippen molar-refractivity contribution in [2.45, 2.75) is 26.2 Å². The Morgan fingerprint density at radius 2 is 2.30 bits per heavy atom. The molecule has 0 amide bonds. The van der Waals surface area contributed by atoms with E-state index in [1.807, 2.05) is 13.8 Å². The Labute approximate surface area is 60.3 Å².